The lowest BCUT2D eigenvalue weighted by molar-refractivity contribution is 0.387. The van der Waals surface area contributed by atoms with Crippen molar-refractivity contribution in [2.75, 3.05) is 12.8 Å². The number of ether oxygens (including phenoxy) is 1. The van der Waals surface area contributed by atoms with E-state index in [9.17, 15) is 4.39 Å². The summed E-state index contributed by atoms with van der Waals surface area (Å²) in [5, 5.41) is 2.98. The number of anilines is 1. The highest BCUT2D eigenvalue weighted by Crippen LogP contribution is 2.29. The highest BCUT2D eigenvalue weighted by atomic mass is 32.1. The molecular formula is C14H15FN4OS. The van der Waals surface area contributed by atoms with Gasteiger partial charge < -0.3 is 15.0 Å². The lowest BCUT2D eigenvalue weighted by Gasteiger charge is -2.12. The van der Waals surface area contributed by atoms with E-state index < -0.39 is 5.82 Å². The molecule has 5 nitrogen and oxygen atoms in total. The molecule has 0 aliphatic rings. The van der Waals surface area contributed by atoms with Crippen molar-refractivity contribution in [3.8, 4) is 5.75 Å². The maximum atomic E-state index is 13.7. The van der Waals surface area contributed by atoms with Crippen LogP contribution >= 0.6 is 11.3 Å². The van der Waals surface area contributed by atoms with E-state index in [1.165, 1.54) is 13.2 Å². The van der Waals surface area contributed by atoms with E-state index >= 15 is 0 Å². The Morgan fingerprint density at radius 3 is 2.95 bits per heavy atom. The van der Waals surface area contributed by atoms with Gasteiger partial charge in [-0.05, 0) is 0 Å². The third-order valence-electron chi connectivity index (χ3n) is 3.38. The Hall–Kier alpha value is -2.15. The molecule has 0 spiro atoms. The Labute approximate surface area is 125 Å². The predicted octanol–water partition coefficient (Wildman–Crippen LogP) is 3.03. The van der Waals surface area contributed by atoms with Gasteiger partial charge in [0.05, 0.1) is 23.2 Å². The van der Waals surface area contributed by atoms with Crippen molar-refractivity contribution in [3.63, 3.8) is 0 Å². The standard InChI is InChI=1S/C14H15FN4OS/c1-8(13-17-3-4-21-13)7-19-11-6-12(20-2)9(15)5-10(11)18-14(19)16/h3-6,8H,7H2,1-2H3,(H2,16,18). The number of nitrogens with two attached hydrogens (primary N) is 1. The fraction of sp³-hybridized carbons (Fsp3) is 0.286. The lowest BCUT2D eigenvalue weighted by Crippen LogP contribution is -2.09. The molecule has 1 atom stereocenters. The zero-order valence-corrected chi connectivity index (χ0v) is 12.5. The van der Waals surface area contributed by atoms with Gasteiger partial charge in [0.2, 0.25) is 5.95 Å². The summed E-state index contributed by atoms with van der Waals surface area (Å²) >= 11 is 1.60. The number of nitrogens with zero attached hydrogens (tertiary/aromatic N) is 3. The number of nitrogen functional groups attached to an aromatic ring is 1. The number of halogens is 1. The summed E-state index contributed by atoms with van der Waals surface area (Å²) in [5.74, 6) is 0.301. The molecule has 0 radical (unpaired) electrons. The fourth-order valence-corrected chi connectivity index (χ4v) is 3.01. The summed E-state index contributed by atoms with van der Waals surface area (Å²) in [6.45, 7) is 2.70. The number of methoxy groups -OCH3 is 1. The molecule has 1 unspecified atom stereocenters. The van der Waals surface area contributed by atoms with Crippen LogP contribution in [-0.2, 0) is 6.54 Å². The molecule has 21 heavy (non-hydrogen) atoms. The van der Waals surface area contributed by atoms with Crippen LogP contribution in [0.3, 0.4) is 0 Å². The van der Waals surface area contributed by atoms with Crippen molar-refractivity contribution in [1.29, 1.82) is 0 Å². The van der Waals surface area contributed by atoms with Crippen LogP contribution in [0, 0.1) is 5.82 Å². The molecule has 7 heteroatoms. The zero-order chi connectivity index (χ0) is 15.0. The normalized spacial score (nSPS) is 12.7. The smallest absolute Gasteiger partial charge is 0.201 e. The number of rotatable bonds is 4. The number of thiazole rings is 1. The van der Waals surface area contributed by atoms with E-state index in [1.54, 1.807) is 23.6 Å². The Morgan fingerprint density at radius 2 is 2.29 bits per heavy atom. The van der Waals surface area contributed by atoms with E-state index in [0.717, 1.165) is 10.5 Å². The first kappa shape index (κ1) is 13.8. The average Bonchev–Trinajstić information content (AvgIpc) is 3.07. The SMILES string of the molecule is COc1cc2c(cc1F)nc(N)n2CC(C)c1nccs1. The molecule has 0 amide bonds. The van der Waals surface area contributed by atoms with E-state index in [-0.39, 0.29) is 11.7 Å². The Balaban J connectivity index is 2.03. The van der Waals surface area contributed by atoms with Crippen LogP contribution in [0.2, 0.25) is 0 Å². The average molecular weight is 306 g/mol. The molecule has 0 aliphatic carbocycles. The van der Waals surface area contributed by atoms with E-state index in [4.69, 9.17) is 10.5 Å². The maximum absolute atomic E-state index is 13.7. The first-order valence-electron chi connectivity index (χ1n) is 6.48. The minimum atomic E-state index is -0.442. The summed E-state index contributed by atoms with van der Waals surface area (Å²) < 4.78 is 20.6. The lowest BCUT2D eigenvalue weighted by atomic mass is 10.2. The van der Waals surface area contributed by atoms with Gasteiger partial charge >= 0.3 is 0 Å². The third-order valence-corrected chi connectivity index (χ3v) is 4.39. The molecule has 0 fully saturated rings. The van der Waals surface area contributed by atoms with Crippen molar-refractivity contribution < 1.29 is 9.13 Å². The second-order valence-electron chi connectivity index (χ2n) is 4.83. The van der Waals surface area contributed by atoms with Crippen LogP contribution in [-0.4, -0.2) is 21.6 Å². The van der Waals surface area contributed by atoms with E-state index in [1.807, 2.05) is 9.95 Å². The molecule has 110 valence electrons. The second-order valence-corrected chi connectivity index (χ2v) is 5.75. The number of hydrogen-bond acceptors (Lipinski definition) is 5. The molecule has 3 aromatic rings. The van der Waals surface area contributed by atoms with Crippen LogP contribution < -0.4 is 10.5 Å². The molecule has 0 bridgehead atoms. The molecule has 2 N–H and O–H groups in total. The Bertz CT molecular complexity index is 769. The van der Waals surface area contributed by atoms with Gasteiger partial charge in [-0.3, -0.25) is 0 Å². The van der Waals surface area contributed by atoms with Crippen LogP contribution in [0.25, 0.3) is 11.0 Å². The van der Waals surface area contributed by atoms with Crippen LogP contribution in [0.4, 0.5) is 10.3 Å². The maximum Gasteiger partial charge on any atom is 0.201 e. The van der Waals surface area contributed by atoms with Crippen molar-refractivity contribution in [3.05, 3.63) is 34.5 Å². The summed E-state index contributed by atoms with van der Waals surface area (Å²) in [4.78, 5) is 8.53. The third kappa shape index (κ3) is 2.44. The van der Waals surface area contributed by atoms with Crippen molar-refractivity contribution in [2.24, 2.45) is 0 Å². The van der Waals surface area contributed by atoms with E-state index in [2.05, 4.69) is 16.9 Å². The van der Waals surface area contributed by atoms with Gasteiger partial charge in [-0.2, -0.15) is 0 Å². The summed E-state index contributed by atoms with van der Waals surface area (Å²) in [6.07, 6.45) is 1.78. The number of imidazole rings is 1. The zero-order valence-electron chi connectivity index (χ0n) is 11.7. The van der Waals surface area contributed by atoms with Crippen LogP contribution in [0.1, 0.15) is 17.8 Å². The number of fused-ring (bicyclic) bond motifs is 1. The Kier molecular flexibility index (Phi) is 3.50. The monoisotopic (exact) mass is 306 g/mol. The van der Waals surface area contributed by atoms with Crippen LogP contribution in [0.5, 0.6) is 5.75 Å². The van der Waals surface area contributed by atoms with Gasteiger partial charge in [-0.1, -0.05) is 6.92 Å². The van der Waals surface area contributed by atoms with Gasteiger partial charge in [0.25, 0.3) is 0 Å². The molecule has 0 saturated heterocycles. The minimum absolute atomic E-state index is 0.186. The Morgan fingerprint density at radius 1 is 1.48 bits per heavy atom. The molecule has 0 saturated carbocycles. The summed E-state index contributed by atoms with van der Waals surface area (Å²) in [5.41, 5.74) is 7.25. The van der Waals surface area contributed by atoms with Gasteiger partial charge in [0.1, 0.15) is 0 Å². The van der Waals surface area contributed by atoms with Crippen molar-refractivity contribution >= 4 is 28.3 Å². The van der Waals surface area contributed by atoms with Crippen molar-refractivity contribution in [1.82, 2.24) is 14.5 Å². The molecule has 0 aliphatic heterocycles. The van der Waals surface area contributed by atoms with Gasteiger partial charge in [0.15, 0.2) is 11.6 Å². The van der Waals surface area contributed by atoms with Crippen LogP contribution in [0.15, 0.2) is 23.7 Å². The predicted molar refractivity (Wildman–Crippen MR) is 81.2 cm³/mol. The fourth-order valence-electron chi connectivity index (χ4n) is 2.32. The number of aromatic nitrogens is 3. The molecule has 1 aromatic carbocycles. The first-order chi connectivity index (χ1) is 10.1. The van der Waals surface area contributed by atoms with Crippen molar-refractivity contribution in [2.45, 2.75) is 19.4 Å². The summed E-state index contributed by atoms with van der Waals surface area (Å²) in [6, 6.07) is 2.97. The highest BCUT2D eigenvalue weighted by Gasteiger charge is 2.16. The minimum Gasteiger partial charge on any atom is -0.494 e. The van der Waals surface area contributed by atoms with Gasteiger partial charge in [-0.25, -0.2) is 14.4 Å². The summed E-state index contributed by atoms with van der Waals surface area (Å²) in [7, 11) is 1.44. The molecule has 3 rings (SSSR count). The molecule has 2 aromatic heterocycles. The number of benzene rings is 1. The quantitative estimate of drug-likeness (QED) is 0.804. The second kappa shape index (κ2) is 5.33. The molecular weight excluding hydrogens is 291 g/mol. The highest BCUT2D eigenvalue weighted by molar-refractivity contribution is 7.09. The van der Waals surface area contributed by atoms with E-state index in [0.29, 0.717) is 18.0 Å². The first-order valence-corrected chi connectivity index (χ1v) is 7.36. The van der Waals surface area contributed by atoms with Gasteiger partial charge in [-0.15, -0.1) is 11.3 Å². The number of hydrogen-bond donors (Lipinski definition) is 1. The largest absolute Gasteiger partial charge is 0.494 e. The van der Waals surface area contributed by atoms with Gasteiger partial charge in [0, 0.05) is 36.2 Å². The molecule has 2 heterocycles. The topological polar surface area (TPSA) is 66.0 Å².